The monoisotopic (exact) mass is 281 g/mol. The van der Waals surface area contributed by atoms with Crippen molar-refractivity contribution in [3.8, 4) is 5.75 Å². The van der Waals surface area contributed by atoms with Crippen LogP contribution in [-0.4, -0.2) is 5.60 Å². The number of hydrogen-bond donors (Lipinski definition) is 1. The van der Waals surface area contributed by atoms with Gasteiger partial charge in [-0.3, -0.25) is 0 Å². The minimum atomic E-state index is -0.0799. The Morgan fingerprint density at radius 3 is 2.62 bits per heavy atom. The van der Waals surface area contributed by atoms with Crippen LogP contribution in [-0.2, 0) is 13.0 Å². The number of hydrogen-bond acceptors (Lipinski definition) is 2. The highest BCUT2D eigenvalue weighted by Gasteiger charge is 2.31. The van der Waals surface area contributed by atoms with Gasteiger partial charge < -0.3 is 10.1 Å². The first kappa shape index (κ1) is 14.2. The summed E-state index contributed by atoms with van der Waals surface area (Å²) in [6.45, 7) is 7.33. The maximum Gasteiger partial charge on any atom is 0.127 e. The van der Waals surface area contributed by atoms with Crippen LogP contribution in [0.1, 0.15) is 43.5 Å². The number of para-hydroxylation sites is 1. The van der Waals surface area contributed by atoms with Gasteiger partial charge in [0, 0.05) is 24.6 Å². The lowest BCUT2D eigenvalue weighted by atomic mass is 10.0. The quantitative estimate of drug-likeness (QED) is 0.904. The van der Waals surface area contributed by atoms with Gasteiger partial charge in [0.25, 0.3) is 0 Å². The fourth-order valence-electron chi connectivity index (χ4n) is 2.94. The first-order valence-electron chi connectivity index (χ1n) is 7.63. The van der Waals surface area contributed by atoms with Gasteiger partial charge in [-0.05, 0) is 31.9 Å². The fourth-order valence-corrected chi connectivity index (χ4v) is 2.94. The van der Waals surface area contributed by atoms with Crippen LogP contribution in [0, 0.1) is 0 Å². The number of nitrogens with one attached hydrogen (secondary N) is 1. The zero-order valence-electron chi connectivity index (χ0n) is 13.0. The Balaban J connectivity index is 1.72. The molecule has 0 saturated heterocycles. The minimum absolute atomic E-state index is 0.0799. The normalized spacial score (nSPS) is 17.1. The van der Waals surface area contributed by atoms with E-state index in [-0.39, 0.29) is 5.60 Å². The van der Waals surface area contributed by atoms with E-state index in [2.05, 4.69) is 74.6 Å². The summed E-state index contributed by atoms with van der Waals surface area (Å²) in [5, 5.41) is 3.59. The summed E-state index contributed by atoms with van der Waals surface area (Å²) >= 11 is 0. The Hall–Kier alpha value is -1.80. The SMILES string of the molecule is C[C@H](NCc1cccc2c1OC(C)(C)C2)c1ccccc1. The standard InChI is InChI=1S/C19H23NO/c1-14(15-8-5-4-6-9-15)20-13-17-11-7-10-16-12-19(2,3)21-18(16)17/h4-11,14,20H,12-13H2,1-3H3/t14-/m0/s1. The maximum absolute atomic E-state index is 6.12. The summed E-state index contributed by atoms with van der Waals surface area (Å²) < 4.78 is 6.12. The molecule has 0 spiro atoms. The Morgan fingerprint density at radius 2 is 1.86 bits per heavy atom. The fraction of sp³-hybridized carbons (Fsp3) is 0.368. The van der Waals surface area contributed by atoms with E-state index in [9.17, 15) is 0 Å². The van der Waals surface area contributed by atoms with Crippen molar-refractivity contribution in [2.75, 3.05) is 0 Å². The van der Waals surface area contributed by atoms with Crippen LogP contribution in [0.2, 0.25) is 0 Å². The van der Waals surface area contributed by atoms with Gasteiger partial charge in [-0.25, -0.2) is 0 Å². The van der Waals surface area contributed by atoms with Crippen LogP contribution in [0.5, 0.6) is 5.75 Å². The van der Waals surface area contributed by atoms with Crippen molar-refractivity contribution >= 4 is 0 Å². The molecule has 0 saturated carbocycles. The van der Waals surface area contributed by atoms with Gasteiger partial charge in [-0.2, -0.15) is 0 Å². The van der Waals surface area contributed by atoms with E-state index >= 15 is 0 Å². The van der Waals surface area contributed by atoms with Crippen LogP contribution in [0.3, 0.4) is 0 Å². The van der Waals surface area contributed by atoms with E-state index in [0.29, 0.717) is 6.04 Å². The van der Waals surface area contributed by atoms with E-state index in [1.54, 1.807) is 0 Å². The van der Waals surface area contributed by atoms with Crippen LogP contribution in [0.25, 0.3) is 0 Å². The first-order chi connectivity index (χ1) is 10.1. The van der Waals surface area contributed by atoms with Crippen LogP contribution < -0.4 is 10.1 Å². The highest BCUT2D eigenvalue weighted by atomic mass is 16.5. The molecule has 0 aromatic heterocycles. The second kappa shape index (κ2) is 5.53. The van der Waals surface area contributed by atoms with E-state index in [0.717, 1.165) is 18.7 Å². The lowest BCUT2D eigenvalue weighted by Gasteiger charge is -2.19. The van der Waals surface area contributed by atoms with Crippen molar-refractivity contribution < 1.29 is 4.74 Å². The summed E-state index contributed by atoms with van der Waals surface area (Å²) in [7, 11) is 0. The number of fused-ring (bicyclic) bond motifs is 1. The predicted molar refractivity (Wildman–Crippen MR) is 86.5 cm³/mol. The van der Waals surface area contributed by atoms with Gasteiger partial charge in [0.15, 0.2) is 0 Å². The highest BCUT2D eigenvalue weighted by Crippen LogP contribution is 2.37. The largest absolute Gasteiger partial charge is 0.487 e. The van der Waals surface area contributed by atoms with E-state index in [4.69, 9.17) is 4.74 Å². The van der Waals surface area contributed by atoms with Gasteiger partial charge >= 0.3 is 0 Å². The first-order valence-corrected chi connectivity index (χ1v) is 7.63. The molecule has 2 nitrogen and oxygen atoms in total. The minimum Gasteiger partial charge on any atom is -0.487 e. The average Bonchev–Trinajstić information content (AvgIpc) is 2.80. The molecule has 0 bridgehead atoms. The second-order valence-electron chi connectivity index (χ2n) is 6.46. The molecular formula is C19H23NO. The lowest BCUT2D eigenvalue weighted by molar-refractivity contribution is 0.137. The molecule has 1 aliphatic rings. The predicted octanol–water partition coefficient (Wildman–Crippen LogP) is 4.25. The zero-order chi connectivity index (χ0) is 14.9. The van der Waals surface area contributed by atoms with Crippen LogP contribution >= 0.6 is 0 Å². The Kier molecular flexibility index (Phi) is 3.73. The molecule has 1 atom stereocenters. The number of benzene rings is 2. The summed E-state index contributed by atoms with van der Waals surface area (Å²) in [5.74, 6) is 1.08. The Labute approximate surface area is 127 Å². The molecule has 3 rings (SSSR count). The van der Waals surface area contributed by atoms with Crippen molar-refractivity contribution in [3.05, 3.63) is 65.2 Å². The number of rotatable bonds is 4. The number of ether oxygens (including phenoxy) is 1. The summed E-state index contributed by atoms with van der Waals surface area (Å²) in [6.07, 6.45) is 0.990. The molecule has 0 unspecified atom stereocenters. The summed E-state index contributed by atoms with van der Waals surface area (Å²) in [6, 6.07) is 17.3. The zero-order valence-corrected chi connectivity index (χ0v) is 13.0. The van der Waals surface area contributed by atoms with Gasteiger partial charge in [0.05, 0.1) is 0 Å². The second-order valence-corrected chi connectivity index (χ2v) is 6.46. The van der Waals surface area contributed by atoms with Crippen molar-refractivity contribution in [3.63, 3.8) is 0 Å². The van der Waals surface area contributed by atoms with E-state index < -0.39 is 0 Å². The molecule has 1 aliphatic heterocycles. The van der Waals surface area contributed by atoms with Crippen LogP contribution in [0.15, 0.2) is 48.5 Å². The molecule has 21 heavy (non-hydrogen) atoms. The van der Waals surface area contributed by atoms with Crippen LogP contribution in [0.4, 0.5) is 0 Å². The molecule has 0 radical (unpaired) electrons. The third kappa shape index (κ3) is 3.11. The highest BCUT2D eigenvalue weighted by molar-refractivity contribution is 5.45. The van der Waals surface area contributed by atoms with E-state index in [1.165, 1.54) is 16.7 Å². The molecule has 0 fully saturated rings. The van der Waals surface area contributed by atoms with Gasteiger partial charge in [0.1, 0.15) is 11.4 Å². The molecule has 2 aromatic carbocycles. The summed E-state index contributed by atoms with van der Waals surface area (Å²) in [4.78, 5) is 0. The molecule has 0 amide bonds. The average molecular weight is 281 g/mol. The molecule has 0 aliphatic carbocycles. The van der Waals surface area contributed by atoms with Crippen molar-refractivity contribution in [2.45, 2.75) is 45.4 Å². The molecular weight excluding hydrogens is 258 g/mol. The Morgan fingerprint density at radius 1 is 1.10 bits per heavy atom. The van der Waals surface area contributed by atoms with E-state index in [1.807, 2.05) is 0 Å². The third-order valence-corrected chi connectivity index (χ3v) is 4.07. The van der Waals surface area contributed by atoms with Crippen molar-refractivity contribution in [1.82, 2.24) is 5.32 Å². The molecule has 2 aromatic rings. The maximum atomic E-state index is 6.12. The van der Waals surface area contributed by atoms with Crippen molar-refractivity contribution in [2.24, 2.45) is 0 Å². The summed E-state index contributed by atoms with van der Waals surface area (Å²) in [5.41, 5.74) is 3.81. The molecule has 110 valence electrons. The lowest BCUT2D eigenvalue weighted by Crippen LogP contribution is -2.25. The third-order valence-electron chi connectivity index (χ3n) is 4.07. The van der Waals surface area contributed by atoms with Gasteiger partial charge in [0.2, 0.25) is 0 Å². The molecule has 1 N–H and O–H groups in total. The topological polar surface area (TPSA) is 21.3 Å². The van der Waals surface area contributed by atoms with Gasteiger partial charge in [-0.1, -0.05) is 48.5 Å². The Bertz CT molecular complexity index is 619. The molecule has 1 heterocycles. The molecule has 2 heteroatoms. The smallest absolute Gasteiger partial charge is 0.127 e. The van der Waals surface area contributed by atoms with Crippen molar-refractivity contribution in [1.29, 1.82) is 0 Å². The van der Waals surface area contributed by atoms with Gasteiger partial charge in [-0.15, -0.1) is 0 Å².